The molecule has 6 nitrogen and oxygen atoms in total. The monoisotopic (exact) mass is 532 g/mol. The van der Waals surface area contributed by atoms with E-state index in [4.69, 9.17) is 5.73 Å². The van der Waals surface area contributed by atoms with E-state index in [2.05, 4.69) is 34.1 Å². The predicted octanol–water partition coefficient (Wildman–Crippen LogP) is 5.96. The van der Waals surface area contributed by atoms with E-state index in [0.29, 0.717) is 23.4 Å². The molecule has 0 bridgehead atoms. The maximum atomic E-state index is 14.4. The number of halogens is 1. The quantitative estimate of drug-likeness (QED) is 0.261. The highest BCUT2D eigenvalue weighted by Crippen LogP contribution is 2.41. The minimum atomic E-state index is -0.697. The number of fused-ring (bicyclic) bond motifs is 2. The second-order valence-corrected chi connectivity index (χ2v) is 10.8. The summed E-state index contributed by atoms with van der Waals surface area (Å²) in [4.78, 5) is 21.3. The second-order valence-electron chi connectivity index (χ2n) is 10.8. The van der Waals surface area contributed by atoms with Gasteiger partial charge in [0.15, 0.2) is 0 Å². The highest BCUT2D eigenvalue weighted by molar-refractivity contribution is 6.00. The van der Waals surface area contributed by atoms with Gasteiger partial charge in [0.05, 0.1) is 0 Å². The average Bonchev–Trinajstić information content (AvgIpc) is 3.68. The van der Waals surface area contributed by atoms with Crippen LogP contribution in [0.1, 0.15) is 39.6 Å². The Morgan fingerprint density at radius 3 is 2.52 bits per heavy atom. The zero-order valence-electron chi connectivity index (χ0n) is 21.8. The SMILES string of the molecule is N[C@@H]1CCN(c2ccc(-c3ccc4c(c3)C(=O)N([C@@H](c3cc5ccccc5[nH]3)c3cc(F)ccc3O)C4)cc2)C1. The first-order chi connectivity index (χ1) is 19.4. The fraction of sp³-hybridized carbons (Fsp3) is 0.182. The van der Waals surface area contributed by atoms with Crippen molar-refractivity contribution < 1.29 is 14.3 Å². The lowest BCUT2D eigenvalue weighted by atomic mass is 10.00. The van der Waals surface area contributed by atoms with Crippen LogP contribution in [-0.2, 0) is 6.54 Å². The van der Waals surface area contributed by atoms with Crippen molar-refractivity contribution in [3.63, 3.8) is 0 Å². The van der Waals surface area contributed by atoms with E-state index in [9.17, 15) is 14.3 Å². The van der Waals surface area contributed by atoms with Gasteiger partial charge in [-0.2, -0.15) is 0 Å². The second kappa shape index (κ2) is 9.54. The van der Waals surface area contributed by atoms with E-state index in [0.717, 1.165) is 52.8 Å². The number of hydrogen-bond acceptors (Lipinski definition) is 4. The Bertz CT molecular complexity index is 1710. The van der Waals surface area contributed by atoms with E-state index in [1.54, 1.807) is 4.90 Å². The number of aromatic nitrogens is 1. The molecule has 0 saturated carbocycles. The summed E-state index contributed by atoms with van der Waals surface area (Å²) in [5, 5.41) is 11.8. The number of phenolic OH excluding ortho intramolecular Hbond substituents is 1. The first-order valence-corrected chi connectivity index (χ1v) is 13.6. The number of phenols is 1. The number of para-hydroxylation sites is 1. The lowest BCUT2D eigenvalue weighted by Crippen LogP contribution is -2.30. The van der Waals surface area contributed by atoms with Crippen LogP contribution in [0.25, 0.3) is 22.0 Å². The number of carbonyl (C=O) groups excluding carboxylic acids is 1. The summed E-state index contributed by atoms with van der Waals surface area (Å²) >= 11 is 0. The van der Waals surface area contributed by atoms with Crippen LogP contribution in [0.2, 0.25) is 0 Å². The number of rotatable bonds is 5. The number of H-pyrrole nitrogens is 1. The van der Waals surface area contributed by atoms with E-state index in [-0.39, 0.29) is 17.7 Å². The number of aromatic hydroxyl groups is 1. The van der Waals surface area contributed by atoms with Gasteiger partial charge in [0, 0.05) is 53.7 Å². The molecule has 7 rings (SSSR count). The Hall–Kier alpha value is -4.62. The number of nitrogens with two attached hydrogens (primary N) is 1. The van der Waals surface area contributed by atoms with Crippen LogP contribution in [0.15, 0.2) is 91.0 Å². The molecule has 40 heavy (non-hydrogen) atoms. The number of benzene rings is 4. The van der Waals surface area contributed by atoms with Crippen molar-refractivity contribution in [3.05, 3.63) is 119 Å². The van der Waals surface area contributed by atoms with Crippen LogP contribution in [0.3, 0.4) is 0 Å². The molecule has 5 aromatic rings. The number of aromatic amines is 1. The summed E-state index contributed by atoms with van der Waals surface area (Å²) in [6.45, 7) is 2.17. The maximum absolute atomic E-state index is 14.4. The summed E-state index contributed by atoms with van der Waals surface area (Å²) in [7, 11) is 0. The van der Waals surface area contributed by atoms with Crippen LogP contribution in [0, 0.1) is 5.82 Å². The van der Waals surface area contributed by atoms with E-state index in [1.165, 1.54) is 18.2 Å². The topological polar surface area (TPSA) is 85.6 Å². The first-order valence-electron chi connectivity index (χ1n) is 13.6. The molecule has 4 aromatic carbocycles. The molecule has 2 aliphatic rings. The molecule has 200 valence electrons. The predicted molar refractivity (Wildman–Crippen MR) is 155 cm³/mol. The van der Waals surface area contributed by atoms with Crippen molar-refractivity contribution in [1.82, 2.24) is 9.88 Å². The zero-order chi connectivity index (χ0) is 27.4. The highest BCUT2D eigenvalue weighted by Gasteiger charge is 2.37. The largest absolute Gasteiger partial charge is 0.508 e. The number of anilines is 1. The van der Waals surface area contributed by atoms with Crippen molar-refractivity contribution >= 4 is 22.5 Å². The van der Waals surface area contributed by atoms with Gasteiger partial charge in [0.25, 0.3) is 5.91 Å². The molecule has 3 heterocycles. The van der Waals surface area contributed by atoms with Gasteiger partial charge in [0.2, 0.25) is 0 Å². The van der Waals surface area contributed by atoms with Crippen molar-refractivity contribution in [2.24, 2.45) is 5.73 Å². The van der Waals surface area contributed by atoms with Crippen molar-refractivity contribution in [2.75, 3.05) is 18.0 Å². The van der Waals surface area contributed by atoms with Crippen LogP contribution in [0.5, 0.6) is 5.75 Å². The molecule has 1 fully saturated rings. The third-order valence-corrected chi connectivity index (χ3v) is 8.17. The van der Waals surface area contributed by atoms with Crippen LogP contribution in [-0.4, -0.2) is 40.0 Å². The molecule has 0 aliphatic carbocycles. The number of hydrogen-bond donors (Lipinski definition) is 3. The lowest BCUT2D eigenvalue weighted by Gasteiger charge is -2.28. The molecule has 0 spiro atoms. The van der Waals surface area contributed by atoms with Gasteiger partial charge in [-0.15, -0.1) is 0 Å². The molecule has 0 radical (unpaired) electrons. The van der Waals surface area contributed by atoms with Crippen molar-refractivity contribution in [2.45, 2.75) is 25.0 Å². The molecule has 2 atom stereocenters. The third kappa shape index (κ3) is 4.19. The molecule has 0 unspecified atom stereocenters. The molecule has 1 aromatic heterocycles. The molecule has 4 N–H and O–H groups in total. The van der Waals surface area contributed by atoms with Crippen molar-refractivity contribution in [1.29, 1.82) is 0 Å². The normalized spacial score (nSPS) is 17.6. The average molecular weight is 533 g/mol. The fourth-order valence-electron chi connectivity index (χ4n) is 6.09. The zero-order valence-corrected chi connectivity index (χ0v) is 21.8. The van der Waals surface area contributed by atoms with Gasteiger partial charge in [-0.25, -0.2) is 4.39 Å². The molecule has 1 saturated heterocycles. The van der Waals surface area contributed by atoms with E-state index in [1.807, 2.05) is 48.5 Å². The number of nitrogens with zero attached hydrogens (tertiary/aromatic N) is 2. The fourth-order valence-corrected chi connectivity index (χ4v) is 6.09. The summed E-state index contributed by atoms with van der Waals surface area (Å²) in [5.41, 5.74) is 12.7. The van der Waals surface area contributed by atoms with Gasteiger partial charge in [-0.3, -0.25) is 4.79 Å². The molecule has 2 aliphatic heterocycles. The van der Waals surface area contributed by atoms with Crippen LogP contribution in [0.4, 0.5) is 10.1 Å². The van der Waals surface area contributed by atoms with Crippen LogP contribution < -0.4 is 10.6 Å². The van der Waals surface area contributed by atoms with E-state index >= 15 is 0 Å². The molecular formula is C33H29FN4O2. The first kappa shape index (κ1) is 24.4. The molecular weight excluding hydrogens is 503 g/mol. The number of nitrogens with one attached hydrogen (secondary N) is 1. The Morgan fingerprint density at radius 1 is 0.950 bits per heavy atom. The van der Waals surface area contributed by atoms with Crippen molar-refractivity contribution in [3.8, 4) is 16.9 Å². The Kier molecular flexibility index (Phi) is 5.82. The minimum absolute atomic E-state index is 0.0615. The van der Waals surface area contributed by atoms with E-state index < -0.39 is 11.9 Å². The Balaban J connectivity index is 1.24. The highest BCUT2D eigenvalue weighted by atomic mass is 19.1. The third-order valence-electron chi connectivity index (χ3n) is 8.17. The summed E-state index contributed by atoms with van der Waals surface area (Å²) in [5.74, 6) is -0.694. The van der Waals surface area contributed by atoms with Gasteiger partial charge in [-0.05, 0) is 77.0 Å². The molecule has 7 heteroatoms. The Labute approximate surface area is 231 Å². The summed E-state index contributed by atoms with van der Waals surface area (Å²) < 4.78 is 14.4. The van der Waals surface area contributed by atoms with Gasteiger partial charge in [0.1, 0.15) is 17.6 Å². The number of carbonyl (C=O) groups is 1. The minimum Gasteiger partial charge on any atom is -0.508 e. The molecule has 1 amide bonds. The Morgan fingerprint density at radius 2 is 1.75 bits per heavy atom. The standard InChI is InChI=1S/C33H29FN4O2/c34-24-9-12-31(39)28(17-24)32(30-16-22-3-1-2-4-29(22)36-30)38-18-23-6-5-21(15-27(23)33(38)40)20-7-10-26(11-8-20)37-14-13-25(35)19-37/h1-12,15-17,25,32,36,39H,13-14,18-19,35H2/t25-,32-/m1/s1. The smallest absolute Gasteiger partial charge is 0.255 e. The summed E-state index contributed by atoms with van der Waals surface area (Å²) in [6.07, 6.45) is 0.998. The van der Waals surface area contributed by atoms with Gasteiger partial charge < -0.3 is 25.6 Å². The maximum Gasteiger partial charge on any atom is 0.255 e. The van der Waals surface area contributed by atoms with Gasteiger partial charge >= 0.3 is 0 Å². The van der Waals surface area contributed by atoms with Crippen LogP contribution >= 0.6 is 0 Å². The van der Waals surface area contributed by atoms with Gasteiger partial charge in [-0.1, -0.05) is 42.5 Å². The lowest BCUT2D eigenvalue weighted by molar-refractivity contribution is 0.0726. The summed E-state index contributed by atoms with van der Waals surface area (Å²) in [6, 6.07) is 27.5. The number of amides is 1.